The maximum atomic E-state index is 9.01. The van der Waals surface area contributed by atoms with Crippen molar-refractivity contribution in [2.75, 3.05) is 0 Å². The molecular weight excluding hydrogens is 940 g/mol. The zero-order valence-corrected chi connectivity index (χ0v) is 36.6. The molecule has 306 valence electrons. The van der Waals surface area contributed by atoms with E-state index in [1.54, 1.807) is 33.4 Å². The Morgan fingerprint density at radius 3 is 2.00 bits per heavy atom. The quantitative estimate of drug-likeness (QED) is 0.118. The van der Waals surface area contributed by atoms with Gasteiger partial charge < -0.3 is 13.9 Å². The van der Waals surface area contributed by atoms with E-state index in [1.165, 1.54) is 11.1 Å². The van der Waals surface area contributed by atoms with Gasteiger partial charge in [0, 0.05) is 44.3 Å². The minimum atomic E-state index is -0.569. The van der Waals surface area contributed by atoms with Crippen LogP contribution in [0.2, 0.25) is 0 Å². The fraction of sp³-hybridized carbons (Fsp3) is 0.143. The Morgan fingerprint density at radius 1 is 0.645 bits per heavy atom. The minimum Gasteiger partial charge on any atom is -0.510 e. The van der Waals surface area contributed by atoms with Gasteiger partial charge in [-0.15, -0.1) is 29.7 Å². The molecule has 0 bridgehead atoms. The molecule has 0 fully saturated rings. The van der Waals surface area contributed by atoms with Gasteiger partial charge in [-0.05, 0) is 80.3 Å². The van der Waals surface area contributed by atoms with Crippen molar-refractivity contribution in [3.05, 3.63) is 199 Å². The summed E-state index contributed by atoms with van der Waals surface area (Å²) < 4.78 is 99.1. The second kappa shape index (κ2) is 15.4. The van der Waals surface area contributed by atoms with E-state index in [-0.39, 0.29) is 59.8 Å². The van der Waals surface area contributed by atoms with Gasteiger partial charge in [0.1, 0.15) is 5.82 Å². The van der Waals surface area contributed by atoms with Crippen LogP contribution >= 0.6 is 0 Å². The predicted octanol–water partition coefficient (Wildman–Crippen LogP) is 13.3. The van der Waals surface area contributed by atoms with Crippen molar-refractivity contribution in [2.24, 2.45) is 0 Å². The standard InChI is InChI=1S/C56H44N4O.Pt/c1-55(2)31-32-56(3,4)48-36-57-53(35-47(48)55)60-49-26-12-11-23-45(49)46-30-29-42(34-52(46)60)61-41-22-15-21-40(33-41)58-37-59(51-28-14-13-27-50(51)58)54-43(38-17-7-5-8-18-38)24-16-25-44(54)39-19-9-6-10-20-39;/h5-30,35-36H,31-32H2,1-4H3;/q-2;/i5D,6D,7D,8D,9D,10D,17D,18D,19D,20D;. The molecule has 1 aliphatic carbocycles. The van der Waals surface area contributed by atoms with Crippen LogP contribution in [-0.4, -0.2) is 14.1 Å². The number of hydrogen-bond donors (Lipinski definition) is 0. The molecule has 10 aromatic rings. The number of aromatic nitrogens is 4. The Hall–Kier alpha value is -6.55. The number of imidazole rings is 1. The molecule has 0 unspecified atom stereocenters. The van der Waals surface area contributed by atoms with Gasteiger partial charge >= 0.3 is 0 Å². The summed E-state index contributed by atoms with van der Waals surface area (Å²) in [5.74, 6) is 1.62. The van der Waals surface area contributed by atoms with Gasteiger partial charge in [-0.1, -0.05) is 154 Å². The van der Waals surface area contributed by atoms with Crippen LogP contribution in [0.3, 0.4) is 0 Å². The first kappa shape index (κ1) is 29.7. The molecule has 3 aromatic heterocycles. The van der Waals surface area contributed by atoms with Gasteiger partial charge in [0.25, 0.3) is 6.33 Å². The second-order valence-electron chi connectivity index (χ2n) is 16.8. The summed E-state index contributed by atoms with van der Waals surface area (Å²) >= 11 is 0. The molecule has 0 radical (unpaired) electrons. The molecule has 0 atom stereocenters. The van der Waals surface area contributed by atoms with Crippen LogP contribution in [0.1, 0.15) is 65.4 Å². The van der Waals surface area contributed by atoms with E-state index in [2.05, 4.69) is 68.9 Å². The molecule has 3 heterocycles. The van der Waals surface area contributed by atoms with Crippen molar-refractivity contribution in [1.82, 2.24) is 14.1 Å². The van der Waals surface area contributed by atoms with Crippen LogP contribution in [-0.2, 0) is 31.9 Å². The van der Waals surface area contributed by atoms with Crippen molar-refractivity contribution in [2.45, 2.75) is 51.4 Å². The first-order valence-corrected chi connectivity index (χ1v) is 20.3. The first-order valence-electron chi connectivity index (χ1n) is 25.3. The number of nitrogens with zero attached hydrogens (tertiary/aromatic N) is 4. The molecule has 6 heteroatoms. The number of pyridine rings is 1. The van der Waals surface area contributed by atoms with Crippen molar-refractivity contribution in [1.29, 1.82) is 0 Å². The van der Waals surface area contributed by atoms with Gasteiger partial charge in [-0.3, -0.25) is 4.57 Å². The van der Waals surface area contributed by atoms with Gasteiger partial charge in [0.2, 0.25) is 0 Å². The topological polar surface area (TPSA) is 35.9 Å². The van der Waals surface area contributed by atoms with Gasteiger partial charge in [0.15, 0.2) is 0 Å². The molecule has 0 aliphatic heterocycles. The predicted molar refractivity (Wildman–Crippen MR) is 246 cm³/mol. The molecule has 7 aromatic carbocycles. The van der Waals surface area contributed by atoms with Crippen LogP contribution < -0.4 is 9.30 Å². The number of para-hydroxylation sites is 4. The van der Waals surface area contributed by atoms with Gasteiger partial charge in [-0.25, -0.2) is 4.98 Å². The van der Waals surface area contributed by atoms with E-state index in [0.29, 0.717) is 28.2 Å². The number of hydrogen-bond acceptors (Lipinski definition) is 2. The third-order valence-electron chi connectivity index (χ3n) is 12.1. The maximum absolute atomic E-state index is 9.01. The largest absolute Gasteiger partial charge is 0.510 e. The Bertz CT molecular complexity index is 3760. The number of fused-ring (bicyclic) bond motifs is 5. The summed E-state index contributed by atoms with van der Waals surface area (Å²) in [5.41, 5.74) is 6.20. The van der Waals surface area contributed by atoms with E-state index in [4.69, 9.17) is 23.4 Å². The molecule has 1 aliphatic rings. The molecule has 0 saturated heterocycles. The van der Waals surface area contributed by atoms with E-state index in [0.717, 1.165) is 40.5 Å². The fourth-order valence-electron chi connectivity index (χ4n) is 8.84. The van der Waals surface area contributed by atoms with Gasteiger partial charge in [0.05, 0.1) is 30.4 Å². The Morgan fingerprint density at radius 2 is 1.27 bits per heavy atom. The molecular formula is C56H44N4OPt-2. The zero-order chi connectivity index (χ0) is 50.0. The first-order chi connectivity index (χ1) is 33.9. The molecule has 62 heavy (non-hydrogen) atoms. The smallest absolute Gasteiger partial charge is 0.268 e. The number of ether oxygens (including phenoxy) is 1. The summed E-state index contributed by atoms with van der Waals surface area (Å²) in [7, 11) is 0. The van der Waals surface area contributed by atoms with Crippen molar-refractivity contribution >= 4 is 32.8 Å². The van der Waals surface area contributed by atoms with Crippen LogP contribution in [0.4, 0.5) is 0 Å². The Labute approximate surface area is 391 Å². The molecule has 0 saturated carbocycles. The van der Waals surface area contributed by atoms with E-state index in [1.807, 2.05) is 66.9 Å². The average Bonchev–Trinajstić information content (AvgIpc) is 3.91. The van der Waals surface area contributed by atoms with Crippen LogP contribution in [0.5, 0.6) is 11.5 Å². The number of rotatable bonds is 7. The Balaban J connectivity index is 0.00000596. The normalized spacial score (nSPS) is 16.4. The SMILES string of the molecule is [2H]c1c([2H])c([2H])c(-c2cccc(-c3c([2H])c([2H])c([2H])c([2H])c3[2H])c2-[n+]2[c-]n(-c3[c-]c(Oc4[c-]c5c(cc4)c4ccccc4n5-c4cc5c(cn4)C(C)(C)CCC5(C)C)ccc3)c3ccccc32)c([2H])c1[2H].[Pt]. The Kier molecular flexibility index (Phi) is 7.37. The fourth-order valence-corrected chi connectivity index (χ4v) is 8.84. The van der Waals surface area contributed by atoms with Crippen LogP contribution in [0, 0.1) is 18.5 Å². The van der Waals surface area contributed by atoms with Crippen molar-refractivity contribution in [3.63, 3.8) is 0 Å². The van der Waals surface area contributed by atoms with Crippen LogP contribution in [0.15, 0.2) is 170 Å². The van der Waals surface area contributed by atoms with Crippen molar-refractivity contribution < 1.29 is 44.1 Å². The van der Waals surface area contributed by atoms with Gasteiger partial charge in [-0.2, -0.15) is 18.2 Å². The number of benzene rings is 7. The van der Waals surface area contributed by atoms with Crippen LogP contribution in [0.25, 0.3) is 72.3 Å². The summed E-state index contributed by atoms with van der Waals surface area (Å²) in [6.07, 6.45) is 7.61. The molecule has 0 spiro atoms. The summed E-state index contributed by atoms with van der Waals surface area (Å²) in [4.78, 5) is 5.09. The summed E-state index contributed by atoms with van der Waals surface area (Å²) in [5, 5.41) is 2.05. The summed E-state index contributed by atoms with van der Waals surface area (Å²) in [6, 6.07) is 33.7. The third-order valence-corrected chi connectivity index (χ3v) is 12.1. The average molecular weight is 994 g/mol. The second-order valence-corrected chi connectivity index (χ2v) is 16.8. The summed E-state index contributed by atoms with van der Waals surface area (Å²) in [6.45, 7) is 9.19. The third kappa shape index (κ3) is 6.67. The van der Waals surface area contributed by atoms with E-state index < -0.39 is 60.4 Å². The minimum absolute atomic E-state index is 0. The zero-order valence-electron chi connectivity index (χ0n) is 44.3. The van der Waals surface area contributed by atoms with E-state index in [9.17, 15) is 0 Å². The maximum Gasteiger partial charge on any atom is 0.268 e. The van der Waals surface area contributed by atoms with Crippen molar-refractivity contribution in [3.8, 4) is 50.9 Å². The molecule has 0 N–H and O–H groups in total. The molecule has 0 amide bonds. The monoisotopic (exact) mass is 993 g/mol. The van der Waals surface area contributed by atoms with E-state index >= 15 is 0 Å². The molecule has 11 rings (SSSR count). The molecule has 5 nitrogen and oxygen atoms in total.